The molecule has 1 heterocycles. The lowest BCUT2D eigenvalue weighted by molar-refractivity contribution is -0.385. The fraction of sp³-hybridized carbons (Fsp3) is 0.400. The van der Waals surface area contributed by atoms with Crippen molar-refractivity contribution in [3.8, 4) is 0 Å². The first kappa shape index (κ1) is 21.7. The summed E-state index contributed by atoms with van der Waals surface area (Å²) in [7, 11) is -3.79. The molecule has 3 rings (SSSR count). The summed E-state index contributed by atoms with van der Waals surface area (Å²) in [6.07, 6.45) is 1.75. The molecule has 1 saturated heterocycles. The monoisotopic (exact) mass is 437 g/mol. The van der Waals surface area contributed by atoms with Gasteiger partial charge in [-0.2, -0.15) is 0 Å². The summed E-state index contributed by atoms with van der Waals surface area (Å²) in [5.74, 6) is 0.229. The Hall–Kier alpha value is -2.00. The highest BCUT2D eigenvalue weighted by Crippen LogP contribution is 2.24. The fourth-order valence-electron chi connectivity index (χ4n) is 3.48. The SMILES string of the molecule is Cc1ccc(S(=O)(=O)NCC2CCN(Cc3ccccc3Cl)CC2)cc1[N+](=O)[O-]. The van der Waals surface area contributed by atoms with E-state index in [1.54, 1.807) is 6.92 Å². The Morgan fingerprint density at radius 1 is 1.21 bits per heavy atom. The van der Waals surface area contributed by atoms with E-state index in [0.29, 0.717) is 12.1 Å². The number of piperidine rings is 1. The van der Waals surface area contributed by atoms with Gasteiger partial charge >= 0.3 is 0 Å². The van der Waals surface area contributed by atoms with Gasteiger partial charge in [-0.25, -0.2) is 13.1 Å². The molecule has 1 aliphatic rings. The zero-order valence-electron chi connectivity index (χ0n) is 16.2. The van der Waals surface area contributed by atoms with E-state index < -0.39 is 14.9 Å². The van der Waals surface area contributed by atoms with Gasteiger partial charge in [-0.15, -0.1) is 0 Å². The minimum atomic E-state index is -3.79. The van der Waals surface area contributed by atoms with Crippen LogP contribution in [-0.4, -0.2) is 37.9 Å². The van der Waals surface area contributed by atoms with Crippen LogP contribution in [0.5, 0.6) is 0 Å². The summed E-state index contributed by atoms with van der Waals surface area (Å²) < 4.78 is 27.7. The van der Waals surface area contributed by atoms with Crippen molar-refractivity contribution in [2.24, 2.45) is 5.92 Å². The highest BCUT2D eigenvalue weighted by Gasteiger charge is 2.24. The number of nitrogens with zero attached hydrogens (tertiary/aromatic N) is 2. The van der Waals surface area contributed by atoms with Crippen molar-refractivity contribution in [3.63, 3.8) is 0 Å². The largest absolute Gasteiger partial charge is 0.299 e. The maximum atomic E-state index is 12.5. The maximum Gasteiger partial charge on any atom is 0.273 e. The van der Waals surface area contributed by atoms with Gasteiger partial charge in [0, 0.05) is 29.7 Å². The zero-order chi connectivity index (χ0) is 21.0. The highest BCUT2D eigenvalue weighted by atomic mass is 35.5. The molecule has 0 radical (unpaired) electrons. The number of hydrogen-bond donors (Lipinski definition) is 1. The summed E-state index contributed by atoms with van der Waals surface area (Å²) in [6.45, 7) is 4.43. The molecular formula is C20H24ClN3O4S. The van der Waals surface area contributed by atoms with Crippen LogP contribution in [0.4, 0.5) is 5.69 Å². The van der Waals surface area contributed by atoms with E-state index in [4.69, 9.17) is 11.6 Å². The van der Waals surface area contributed by atoms with Crippen molar-refractivity contribution in [2.45, 2.75) is 31.2 Å². The second-order valence-electron chi connectivity index (χ2n) is 7.37. The number of hydrogen-bond acceptors (Lipinski definition) is 5. The molecule has 1 aliphatic heterocycles. The van der Waals surface area contributed by atoms with Crippen LogP contribution in [0.1, 0.15) is 24.0 Å². The third-order valence-electron chi connectivity index (χ3n) is 5.31. The first-order chi connectivity index (χ1) is 13.8. The second-order valence-corrected chi connectivity index (χ2v) is 9.54. The number of rotatable bonds is 7. The van der Waals surface area contributed by atoms with Gasteiger partial charge in [0.05, 0.1) is 9.82 Å². The van der Waals surface area contributed by atoms with E-state index in [2.05, 4.69) is 9.62 Å². The number of benzene rings is 2. The quantitative estimate of drug-likeness (QED) is 0.526. The topological polar surface area (TPSA) is 92.6 Å². The van der Waals surface area contributed by atoms with Gasteiger partial charge < -0.3 is 0 Å². The highest BCUT2D eigenvalue weighted by molar-refractivity contribution is 7.89. The van der Waals surface area contributed by atoms with Crippen molar-refractivity contribution in [3.05, 3.63) is 68.7 Å². The van der Waals surface area contributed by atoms with E-state index in [1.165, 1.54) is 12.1 Å². The van der Waals surface area contributed by atoms with Gasteiger partial charge in [-0.1, -0.05) is 35.9 Å². The molecule has 0 spiro atoms. The average molecular weight is 438 g/mol. The van der Waals surface area contributed by atoms with Crippen molar-refractivity contribution in [2.75, 3.05) is 19.6 Å². The van der Waals surface area contributed by atoms with Gasteiger partial charge in [0.1, 0.15) is 0 Å². The maximum absolute atomic E-state index is 12.5. The molecule has 0 aromatic heterocycles. The summed E-state index contributed by atoms with van der Waals surface area (Å²) in [6, 6.07) is 11.8. The first-order valence-corrected chi connectivity index (χ1v) is 11.3. The molecule has 1 N–H and O–H groups in total. The summed E-state index contributed by atoms with van der Waals surface area (Å²) >= 11 is 6.23. The van der Waals surface area contributed by atoms with E-state index in [1.807, 2.05) is 24.3 Å². The third-order valence-corrected chi connectivity index (χ3v) is 7.10. The summed E-state index contributed by atoms with van der Waals surface area (Å²) in [4.78, 5) is 12.7. The van der Waals surface area contributed by atoms with Gasteiger partial charge in [-0.05, 0) is 56.5 Å². The Bertz CT molecular complexity index is 989. The average Bonchev–Trinajstić information content (AvgIpc) is 2.69. The van der Waals surface area contributed by atoms with Crippen molar-refractivity contribution < 1.29 is 13.3 Å². The molecule has 156 valence electrons. The number of nitrogens with one attached hydrogen (secondary N) is 1. The van der Waals surface area contributed by atoms with Crippen molar-refractivity contribution >= 4 is 27.3 Å². The molecule has 29 heavy (non-hydrogen) atoms. The van der Waals surface area contributed by atoms with Gasteiger partial charge in [0.25, 0.3) is 5.69 Å². The predicted octanol–water partition coefficient (Wildman–Crippen LogP) is 3.75. The molecule has 0 amide bonds. The first-order valence-electron chi connectivity index (χ1n) is 9.47. The fourth-order valence-corrected chi connectivity index (χ4v) is 4.81. The standard InChI is InChI=1S/C20H24ClN3O4S/c1-15-6-7-18(12-20(15)24(25)26)29(27,28)22-13-16-8-10-23(11-9-16)14-17-4-2-3-5-19(17)21/h2-7,12,16,22H,8-11,13-14H2,1H3. The van der Waals surface area contributed by atoms with E-state index in [0.717, 1.165) is 49.1 Å². The Balaban J connectivity index is 1.54. The van der Waals surface area contributed by atoms with Crippen LogP contribution >= 0.6 is 11.6 Å². The van der Waals surface area contributed by atoms with E-state index in [-0.39, 0.29) is 16.5 Å². The Morgan fingerprint density at radius 2 is 1.90 bits per heavy atom. The van der Waals surface area contributed by atoms with Crippen LogP contribution in [0.15, 0.2) is 47.4 Å². The Morgan fingerprint density at radius 3 is 2.55 bits per heavy atom. The normalized spacial score (nSPS) is 16.1. The van der Waals surface area contributed by atoms with E-state index in [9.17, 15) is 18.5 Å². The molecule has 9 heteroatoms. The molecule has 2 aromatic carbocycles. The number of sulfonamides is 1. The molecule has 7 nitrogen and oxygen atoms in total. The van der Waals surface area contributed by atoms with Crippen LogP contribution < -0.4 is 4.72 Å². The van der Waals surface area contributed by atoms with Gasteiger partial charge in [0.2, 0.25) is 10.0 Å². The molecule has 0 saturated carbocycles. The smallest absolute Gasteiger partial charge is 0.273 e. The van der Waals surface area contributed by atoms with Crippen LogP contribution in [0.3, 0.4) is 0 Å². The van der Waals surface area contributed by atoms with Crippen LogP contribution in [0, 0.1) is 23.0 Å². The summed E-state index contributed by atoms with van der Waals surface area (Å²) in [5, 5.41) is 11.8. The molecular weight excluding hydrogens is 414 g/mol. The lowest BCUT2D eigenvalue weighted by Gasteiger charge is -2.32. The van der Waals surface area contributed by atoms with E-state index >= 15 is 0 Å². The number of likely N-dealkylation sites (tertiary alicyclic amines) is 1. The Labute approximate surface area is 175 Å². The number of halogens is 1. The summed E-state index contributed by atoms with van der Waals surface area (Å²) in [5.41, 5.74) is 1.33. The minimum Gasteiger partial charge on any atom is -0.299 e. The second kappa shape index (κ2) is 9.21. The lowest BCUT2D eigenvalue weighted by Crippen LogP contribution is -2.38. The molecule has 0 aliphatic carbocycles. The number of aryl methyl sites for hydroxylation is 1. The molecule has 0 atom stereocenters. The van der Waals surface area contributed by atoms with Crippen molar-refractivity contribution in [1.29, 1.82) is 0 Å². The molecule has 0 bridgehead atoms. The number of nitro benzene ring substituents is 1. The van der Waals surface area contributed by atoms with Gasteiger partial charge in [0.15, 0.2) is 0 Å². The number of nitro groups is 1. The zero-order valence-corrected chi connectivity index (χ0v) is 17.7. The van der Waals surface area contributed by atoms with Gasteiger partial charge in [-0.3, -0.25) is 15.0 Å². The predicted molar refractivity (Wildman–Crippen MR) is 112 cm³/mol. The Kier molecular flexibility index (Phi) is 6.89. The van der Waals surface area contributed by atoms with Crippen LogP contribution in [0.25, 0.3) is 0 Å². The van der Waals surface area contributed by atoms with Crippen LogP contribution in [-0.2, 0) is 16.6 Å². The third kappa shape index (κ3) is 5.54. The molecule has 1 fully saturated rings. The molecule has 0 unspecified atom stereocenters. The van der Waals surface area contributed by atoms with Crippen LogP contribution in [0.2, 0.25) is 5.02 Å². The molecule has 2 aromatic rings. The minimum absolute atomic E-state index is 0.0778. The lowest BCUT2D eigenvalue weighted by atomic mass is 9.97. The van der Waals surface area contributed by atoms with Crippen molar-refractivity contribution in [1.82, 2.24) is 9.62 Å².